The molecule has 1 amide bonds. The lowest BCUT2D eigenvalue weighted by Crippen LogP contribution is -2.17. The number of benzene rings is 2. The lowest BCUT2D eigenvalue weighted by molar-refractivity contribution is -0.137. The fourth-order valence-corrected chi connectivity index (χ4v) is 3.21. The van der Waals surface area contributed by atoms with Crippen LogP contribution in [0.25, 0.3) is 0 Å². The summed E-state index contributed by atoms with van der Waals surface area (Å²) in [5, 5.41) is 6.00. The van der Waals surface area contributed by atoms with Crippen molar-refractivity contribution in [2.24, 2.45) is 0 Å². The molecule has 0 aliphatic rings. The molecular formula is C19H12Cl3F3N4O. The Labute approximate surface area is 184 Å². The predicted molar refractivity (Wildman–Crippen MR) is 111 cm³/mol. The Bertz CT molecular complexity index is 1060. The molecule has 0 aliphatic heterocycles. The smallest absolute Gasteiger partial charge is 0.338 e. The third kappa shape index (κ3) is 5.33. The number of halogens is 6. The summed E-state index contributed by atoms with van der Waals surface area (Å²) in [5.41, 5.74) is 0.0112. The zero-order valence-corrected chi connectivity index (χ0v) is 17.2. The first-order chi connectivity index (χ1) is 14.1. The SMILES string of the molecule is O=C(Cc1c(Cl)cccc1Cl)Nc1c(Cl)ncnc1Nc1ccc(C(F)(F)F)cc1. The number of anilines is 3. The van der Waals surface area contributed by atoms with Gasteiger partial charge in [0.2, 0.25) is 5.91 Å². The zero-order chi connectivity index (χ0) is 21.9. The van der Waals surface area contributed by atoms with Gasteiger partial charge in [0.05, 0.1) is 12.0 Å². The average molecular weight is 476 g/mol. The molecule has 5 nitrogen and oxygen atoms in total. The molecule has 3 aromatic rings. The van der Waals surface area contributed by atoms with Gasteiger partial charge in [0.1, 0.15) is 12.0 Å². The van der Waals surface area contributed by atoms with Gasteiger partial charge < -0.3 is 10.6 Å². The number of aromatic nitrogens is 2. The third-order valence-corrected chi connectivity index (χ3v) is 4.93. The van der Waals surface area contributed by atoms with Crippen LogP contribution in [0.2, 0.25) is 15.2 Å². The van der Waals surface area contributed by atoms with Crippen molar-refractivity contribution < 1.29 is 18.0 Å². The van der Waals surface area contributed by atoms with Gasteiger partial charge in [-0.1, -0.05) is 40.9 Å². The van der Waals surface area contributed by atoms with E-state index >= 15 is 0 Å². The zero-order valence-electron chi connectivity index (χ0n) is 14.9. The van der Waals surface area contributed by atoms with E-state index in [0.717, 1.165) is 18.5 Å². The second kappa shape index (κ2) is 9.07. The summed E-state index contributed by atoms with van der Waals surface area (Å²) < 4.78 is 38.2. The van der Waals surface area contributed by atoms with Crippen LogP contribution in [-0.4, -0.2) is 15.9 Å². The quantitative estimate of drug-likeness (QED) is 0.420. The molecule has 0 aliphatic carbocycles. The highest BCUT2D eigenvalue weighted by molar-refractivity contribution is 6.36. The summed E-state index contributed by atoms with van der Waals surface area (Å²) >= 11 is 18.3. The first kappa shape index (κ1) is 22.1. The van der Waals surface area contributed by atoms with Crippen LogP contribution < -0.4 is 10.6 Å². The molecule has 0 fully saturated rings. The lowest BCUT2D eigenvalue weighted by Gasteiger charge is -2.14. The van der Waals surface area contributed by atoms with Crippen molar-refractivity contribution in [1.29, 1.82) is 0 Å². The Morgan fingerprint density at radius 3 is 2.20 bits per heavy atom. The summed E-state index contributed by atoms with van der Waals surface area (Å²) in [6.07, 6.45) is -3.44. The van der Waals surface area contributed by atoms with E-state index in [1.807, 2.05) is 0 Å². The van der Waals surface area contributed by atoms with Crippen molar-refractivity contribution in [3.63, 3.8) is 0 Å². The van der Waals surface area contributed by atoms with Crippen molar-refractivity contribution >= 4 is 57.9 Å². The van der Waals surface area contributed by atoms with E-state index in [4.69, 9.17) is 34.8 Å². The number of nitrogens with one attached hydrogen (secondary N) is 2. The van der Waals surface area contributed by atoms with Crippen LogP contribution in [0.1, 0.15) is 11.1 Å². The van der Waals surface area contributed by atoms with Gasteiger partial charge in [0.15, 0.2) is 11.0 Å². The maximum atomic E-state index is 12.7. The van der Waals surface area contributed by atoms with E-state index in [9.17, 15) is 18.0 Å². The topological polar surface area (TPSA) is 66.9 Å². The summed E-state index contributed by atoms with van der Waals surface area (Å²) in [4.78, 5) is 20.3. The van der Waals surface area contributed by atoms with E-state index in [-0.39, 0.29) is 23.1 Å². The van der Waals surface area contributed by atoms with Gasteiger partial charge in [-0.05, 0) is 42.0 Å². The highest BCUT2D eigenvalue weighted by Gasteiger charge is 2.30. The van der Waals surface area contributed by atoms with Gasteiger partial charge >= 0.3 is 6.18 Å². The van der Waals surface area contributed by atoms with E-state index < -0.39 is 17.6 Å². The largest absolute Gasteiger partial charge is 0.416 e. The molecule has 0 saturated carbocycles. The number of rotatable bonds is 5. The molecular weight excluding hydrogens is 464 g/mol. The Morgan fingerprint density at radius 2 is 1.60 bits per heavy atom. The Morgan fingerprint density at radius 1 is 0.967 bits per heavy atom. The van der Waals surface area contributed by atoms with Crippen molar-refractivity contribution in [2.75, 3.05) is 10.6 Å². The molecule has 0 saturated heterocycles. The standard InChI is InChI=1S/C19H12Cl3F3N4O/c20-13-2-1-3-14(21)12(13)8-15(30)29-16-17(22)26-9-27-18(16)28-11-6-4-10(5-7-11)19(23,24)25/h1-7,9H,8H2,(H,29,30)(H,26,27,28). The molecule has 0 atom stereocenters. The number of alkyl halides is 3. The van der Waals surface area contributed by atoms with Crippen LogP contribution in [-0.2, 0) is 17.4 Å². The molecule has 2 N–H and O–H groups in total. The first-order valence-corrected chi connectivity index (χ1v) is 9.46. The average Bonchev–Trinajstić information content (AvgIpc) is 2.67. The van der Waals surface area contributed by atoms with Crippen LogP contribution >= 0.6 is 34.8 Å². The van der Waals surface area contributed by atoms with E-state index in [0.29, 0.717) is 21.3 Å². The molecule has 0 radical (unpaired) electrons. The number of carbonyl (C=O) groups excluding carboxylic acids is 1. The number of carbonyl (C=O) groups is 1. The van der Waals surface area contributed by atoms with Gasteiger partial charge in [-0.3, -0.25) is 4.79 Å². The monoisotopic (exact) mass is 474 g/mol. The minimum absolute atomic E-state index is 0.0574. The molecule has 1 heterocycles. The van der Waals surface area contributed by atoms with E-state index in [1.54, 1.807) is 18.2 Å². The third-order valence-electron chi connectivity index (χ3n) is 3.94. The minimum Gasteiger partial charge on any atom is -0.338 e. The first-order valence-electron chi connectivity index (χ1n) is 8.32. The number of amides is 1. The molecule has 11 heteroatoms. The maximum Gasteiger partial charge on any atom is 0.416 e. The molecule has 1 aromatic heterocycles. The van der Waals surface area contributed by atoms with Gasteiger partial charge in [0, 0.05) is 15.7 Å². The van der Waals surface area contributed by atoms with E-state index in [1.165, 1.54) is 12.1 Å². The molecule has 0 spiro atoms. The maximum absolute atomic E-state index is 12.7. The van der Waals surface area contributed by atoms with Crippen LogP contribution in [0.5, 0.6) is 0 Å². The predicted octanol–water partition coefficient (Wildman–Crippen LogP) is 6.38. The highest BCUT2D eigenvalue weighted by atomic mass is 35.5. The van der Waals surface area contributed by atoms with Gasteiger partial charge in [-0.2, -0.15) is 13.2 Å². The Balaban J connectivity index is 1.80. The molecule has 156 valence electrons. The molecule has 3 rings (SSSR count). The van der Waals surface area contributed by atoms with Gasteiger partial charge in [0.25, 0.3) is 0 Å². The van der Waals surface area contributed by atoms with Gasteiger partial charge in [-0.15, -0.1) is 0 Å². The molecule has 30 heavy (non-hydrogen) atoms. The fourth-order valence-electron chi connectivity index (χ4n) is 2.49. The number of hydrogen-bond acceptors (Lipinski definition) is 4. The summed E-state index contributed by atoms with van der Waals surface area (Å²) in [5.74, 6) is -0.384. The fraction of sp³-hybridized carbons (Fsp3) is 0.105. The molecule has 0 unspecified atom stereocenters. The van der Waals surface area contributed by atoms with Crippen molar-refractivity contribution in [2.45, 2.75) is 12.6 Å². The normalized spacial score (nSPS) is 11.3. The second-order valence-corrected chi connectivity index (χ2v) is 7.19. The minimum atomic E-state index is -4.45. The number of hydrogen-bond donors (Lipinski definition) is 2. The van der Waals surface area contributed by atoms with Crippen molar-refractivity contribution in [3.05, 3.63) is 75.1 Å². The van der Waals surface area contributed by atoms with Crippen LogP contribution in [0, 0.1) is 0 Å². The summed E-state index contributed by atoms with van der Waals surface area (Å²) in [6.45, 7) is 0. The molecule has 0 bridgehead atoms. The van der Waals surface area contributed by atoms with Crippen molar-refractivity contribution in [3.8, 4) is 0 Å². The van der Waals surface area contributed by atoms with Crippen LogP contribution in [0.4, 0.5) is 30.4 Å². The van der Waals surface area contributed by atoms with E-state index in [2.05, 4.69) is 20.6 Å². The number of nitrogens with zero attached hydrogens (tertiary/aromatic N) is 2. The summed E-state index contributed by atoms with van der Waals surface area (Å²) in [6, 6.07) is 9.16. The molecule has 2 aromatic carbocycles. The lowest BCUT2D eigenvalue weighted by atomic mass is 10.1. The van der Waals surface area contributed by atoms with Gasteiger partial charge in [-0.25, -0.2) is 9.97 Å². The van der Waals surface area contributed by atoms with Crippen LogP contribution in [0.15, 0.2) is 48.8 Å². The van der Waals surface area contributed by atoms with Crippen LogP contribution in [0.3, 0.4) is 0 Å². The highest BCUT2D eigenvalue weighted by Crippen LogP contribution is 2.33. The van der Waals surface area contributed by atoms with Crippen molar-refractivity contribution in [1.82, 2.24) is 9.97 Å². The summed E-state index contributed by atoms with van der Waals surface area (Å²) in [7, 11) is 0. The Kier molecular flexibility index (Phi) is 6.70. The Hall–Kier alpha value is -2.55. The second-order valence-electron chi connectivity index (χ2n) is 6.01.